The van der Waals surface area contributed by atoms with Crippen LogP contribution >= 0.6 is 0 Å². The quantitative estimate of drug-likeness (QED) is 0.132. The van der Waals surface area contributed by atoms with Crippen LogP contribution < -0.4 is 20.7 Å². The fourth-order valence-electron chi connectivity index (χ4n) is 6.32. The fraction of sp³-hybridized carbons (Fsp3) is 0.500. The topological polar surface area (TPSA) is 163 Å². The van der Waals surface area contributed by atoms with Gasteiger partial charge in [-0.3, -0.25) is 20.4 Å². The molecule has 12 nitrogen and oxygen atoms in total. The minimum atomic E-state index is -0.368. The number of amidine groups is 2. The van der Waals surface area contributed by atoms with Crippen molar-refractivity contribution in [1.29, 1.82) is 10.8 Å². The maximum atomic E-state index is 13.3. The van der Waals surface area contributed by atoms with Gasteiger partial charge in [-0.05, 0) is 69.2 Å². The summed E-state index contributed by atoms with van der Waals surface area (Å²) in [6, 6.07) is 13.2. The second-order valence-corrected chi connectivity index (χ2v) is 12.2. The molecule has 0 radical (unpaired) electrons. The Hall–Kier alpha value is -4.61. The van der Waals surface area contributed by atoms with Gasteiger partial charge in [0.1, 0.15) is 36.6 Å². The van der Waals surface area contributed by atoms with E-state index in [1.165, 1.54) is 6.42 Å². The summed E-state index contributed by atoms with van der Waals surface area (Å²) in [5.41, 5.74) is 8.47. The van der Waals surface area contributed by atoms with Crippen molar-refractivity contribution in [3.8, 4) is 5.75 Å². The van der Waals surface area contributed by atoms with Gasteiger partial charge in [0, 0.05) is 43.2 Å². The fourth-order valence-corrected chi connectivity index (χ4v) is 6.32. The van der Waals surface area contributed by atoms with E-state index in [0.29, 0.717) is 22.7 Å². The van der Waals surface area contributed by atoms with Crippen molar-refractivity contribution in [2.45, 2.75) is 84.0 Å². The number of amides is 1. The molecule has 1 saturated carbocycles. The standard InChI is InChI=1S/C34H46N8O4/c1-3-45-33(44)22-41(26-10-12-27(13-11-26)46-28-15-17-40(18-16-28)23(2)35)20-31-39-29-19-24(34(36)37)9-14-30(29)42(31)21-32(43)38-25-7-5-4-6-8-25/h9-14,19,25,28,35H,3-8,15-18,20-22H2,1-2H3,(H3,36,37)(H,38,43). The van der Waals surface area contributed by atoms with Crippen molar-refractivity contribution < 1.29 is 19.1 Å². The van der Waals surface area contributed by atoms with Crippen LogP contribution in [0.5, 0.6) is 5.75 Å². The summed E-state index contributed by atoms with van der Waals surface area (Å²) in [5.74, 6) is 1.42. The Balaban J connectivity index is 1.38. The number of benzene rings is 2. The highest BCUT2D eigenvalue weighted by Crippen LogP contribution is 2.26. The van der Waals surface area contributed by atoms with Crippen LogP contribution in [0.25, 0.3) is 11.0 Å². The molecule has 3 aromatic rings. The van der Waals surface area contributed by atoms with E-state index in [2.05, 4.69) is 10.2 Å². The van der Waals surface area contributed by atoms with Crippen LogP contribution in [0, 0.1) is 10.8 Å². The number of nitrogens with one attached hydrogen (secondary N) is 3. The molecule has 12 heteroatoms. The van der Waals surface area contributed by atoms with E-state index in [4.69, 9.17) is 31.0 Å². The first kappa shape index (κ1) is 32.8. The van der Waals surface area contributed by atoms with Crippen molar-refractivity contribution in [2.24, 2.45) is 5.73 Å². The van der Waals surface area contributed by atoms with Gasteiger partial charge in [-0.1, -0.05) is 19.3 Å². The first-order valence-corrected chi connectivity index (χ1v) is 16.3. The molecule has 2 aromatic carbocycles. The van der Waals surface area contributed by atoms with Gasteiger partial charge in [0.25, 0.3) is 0 Å². The first-order valence-electron chi connectivity index (χ1n) is 16.3. The number of fused-ring (bicyclic) bond motifs is 1. The number of aromatic nitrogens is 2. The largest absolute Gasteiger partial charge is 0.490 e. The van der Waals surface area contributed by atoms with Crippen LogP contribution in [-0.4, -0.2) is 76.4 Å². The average Bonchev–Trinajstić information content (AvgIpc) is 3.37. The predicted molar refractivity (Wildman–Crippen MR) is 179 cm³/mol. The Labute approximate surface area is 270 Å². The molecular weight excluding hydrogens is 584 g/mol. The summed E-state index contributed by atoms with van der Waals surface area (Å²) in [4.78, 5) is 34.9. The SMILES string of the molecule is CCOC(=O)CN(Cc1nc2cc(C(=N)N)ccc2n1CC(=O)NC1CCCCC1)c1ccc(OC2CCN(C(C)=N)CC2)cc1. The highest BCUT2D eigenvalue weighted by Gasteiger charge is 2.23. The molecule has 1 amide bonds. The summed E-state index contributed by atoms with van der Waals surface area (Å²) in [7, 11) is 0. The van der Waals surface area contributed by atoms with Crippen LogP contribution in [-0.2, 0) is 27.4 Å². The van der Waals surface area contributed by atoms with Crippen LogP contribution in [0.15, 0.2) is 42.5 Å². The van der Waals surface area contributed by atoms with Crippen molar-refractivity contribution in [1.82, 2.24) is 19.8 Å². The Bertz CT molecular complexity index is 1540. The lowest BCUT2D eigenvalue weighted by atomic mass is 9.95. The van der Waals surface area contributed by atoms with E-state index in [1.54, 1.807) is 19.1 Å². The number of anilines is 1. The van der Waals surface area contributed by atoms with Gasteiger partial charge in [0.2, 0.25) is 5.91 Å². The van der Waals surface area contributed by atoms with Gasteiger partial charge in [0.15, 0.2) is 0 Å². The smallest absolute Gasteiger partial charge is 0.325 e. The molecule has 2 heterocycles. The molecule has 1 saturated heterocycles. The molecule has 1 aliphatic carbocycles. The Morgan fingerprint density at radius 2 is 1.76 bits per heavy atom. The third kappa shape index (κ3) is 8.35. The molecule has 2 fully saturated rings. The van der Waals surface area contributed by atoms with E-state index in [-0.39, 0.29) is 56.1 Å². The maximum Gasteiger partial charge on any atom is 0.325 e. The van der Waals surface area contributed by atoms with Gasteiger partial charge >= 0.3 is 5.97 Å². The zero-order valence-electron chi connectivity index (χ0n) is 26.9. The minimum absolute atomic E-state index is 0.00828. The molecule has 5 rings (SSSR count). The molecule has 5 N–H and O–H groups in total. The molecule has 2 aliphatic rings. The van der Waals surface area contributed by atoms with Gasteiger partial charge in [-0.15, -0.1) is 0 Å². The normalized spacial score (nSPS) is 15.8. The molecular formula is C34H46N8O4. The lowest BCUT2D eigenvalue weighted by Gasteiger charge is -2.33. The lowest BCUT2D eigenvalue weighted by Crippen LogP contribution is -2.40. The van der Waals surface area contributed by atoms with Crippen molar-refractivity contribution in [2.75, 3.05) is 31.1 Å². The van der Waals surface area contributed by atoms with Gasteiger partial charge < -0.3 is 34.9 Å². The number of nitrogens with zero attached hydrogens (tertiary/aromatic N) is 4. The second-order valence-electron chi connectivity index (χ2n) is 12.2. The van der Waals surface area contributed by atoms with E-state index >= 15 is 0 Å². The molecule has 0 spiro atoms. The number of rotatable bonds is 12. The Kier molecular flexibility index (Phi) is 10.8. The van der Waals surface area contributed by atoms with Crippen LogP contribution in [0.1, 0.15) is 70.2 Å². The molecule has 0 atom stereocenters. The van der Waals surface area contributed by atoms with Gasteiger partial charge in [-0.2, -0.15) is 0 Å². The number of imidazole rings is 1. The van der Waals surface area contributed by atoms with E-state index in [1.807, 2.05) is 46.7 Å². The Morgan fingerprint density at radius 3 is 2.41 bits per heavy atom. The zero-order valence-corrected chi connectivity index (χ0v) is 26.9. The molecule has 0 bridgehead atoms. The number of carbonyl (C=O) groups is 2. The number of likely N-dealkylation sites (tertiary alicyclic amines) is 1. The summed E-state index contributed by atoms with van der Waals surface area (Å²) >= 11 is 0. The highest BCUT2D eigenvalue weighted by atomic mass is 16.5. The van der Waals surface area contributed by atoms with Crippen molar-refractivity contribution in [3.05, 3.63) is 53.9 Å². The zero-order chi connectivity index (χ0) is 32.6. The minimum Gasteiger partial charge on any atom is -0.490 e. The number of nitrogen functional groups attached to an aromatic ring is 1. The number of hydrogen-bond donors (Lipinski definition) is 4. The number of piperidine rings is 1. The maximum absolute atomic E-state index is 13.3. The van der Waals surface area contributed by atoms with Crippen LogP contribution in [0.2, 0.25) is 0 Å². The third-order valence-corrected chi connectivity index (χ3v) is 8.79. The van der Waals surface area contributed by atoms with Gasteiger partial charge in [0.05, 0.1) is 30.0 Å². The number of carbonyl (C=O) groups excluding carboxylic acids is 2. The average molecular weight is 631 g/mol. The summed E-state index contributed by atoms with van der Waals surface area (Å²) in [6.45, 7) is 5.78. The predicted octanol–water partition coefficient (Wildman–Crippen LogP) is 4.18. The molecule has 1 aromatic heterocycles. The van der Waals surface area contributed by atoms with Crippen LogP contribution in [0.4, 0.5) is 5.69 Å². The number of ether oxygens (including phenoxy) is 2. The Morgan fingerprint density at radius 1 is 1.04 bits per heavy atom. The van der Waals surface area contributed by atoms with E-state index in [9.17, 15) is 9.59 Å². The molecule has 46 heavy (non-hydrogen) atoms. The summed E-state index contributed by atoms with van der Waals surface area (Å²) in [6.07, 6.45) is 7.20. The summed E-state index contributed by atoms with van der Waals surface area (Å²) in [5, 5.41) is 19.0. The first-order chi connectivity index (χ1) is 22.2. The number of hydrogen-bond acceptors (Lipinski definition) is 8. The second kappa shape index (κ2) is 15.1. The van der Waals surface area contributed by atoms with Crippen molar-refractivity contribution in [3.63, 3.8) is 0 Å². The number of esters is 1. The lowest BCUT2D eigenvalue weighted by molar-refractivity contribution is -0.141. The van der Waals surface area contributed by atoms with E-state index < -0.39 is 0 Å². The van der Waals surface area contributed by atoms with Crippen molar-refractivity contribution >= 4 is 40.3 Å². The third-order valence-electron chi connectivity index (χ3n) is 8.79. The molecule has 1 aliphatic heterocycles. The van der Waals surface area contributed by atoms with E-state index in [0.717, 1.165) is 68.6 Å². The molecule has 0 unspecified atom stereocenters. The monoisotopic (exact) mass is 630 g/mol. The summed E-state index contributed by atoms with van der Waals surface area (Å²) < 4.78 is 13.4. The van der Waals surface area contributed by atoms with Crippen LogP contribution in [0.3, 0.4) is 0 Å². The van der Waals surface area contributed by atoms with Gasteiger partial charge in [-0.25, -0.2) is 4.98 Å². The highest BCUT2D eigenvalue weighted by molar-refractivity contribution is 5.98. The number of nitrogens with two attached hydrogens (primary N) is 1. The molecule has 246 valence electrons.